The SMILES string of the molecule is CC1CCNC(C(=O)N2CC(O)C[C@H]2C(=O)O)C1. The van der Waals surface area contributed by atoms with Crippen LogP contribution in [-0.2, 0) is 9.59 Å². The molecule has 6 heteroatoms. The molecule has 2 heterocycles. The summed E-state index contributed by atoms with van der Waals surface area (Å²) in [5.74, 6) is -0.759. The number of carbonyl (C=O) groups excluding carboxylic acids is 1. The number of carboxylic acids is 1. The third-order valence-electron chi connectivity index (χ3n) is 3.81. The summed E-state index contributed by atoms with van der Waals surface area (Å²) in [5, 5.41) is 21.8. The van der Waals surface area contributed by atoms with E-state index < -0.39 is 18.1 Å². The van der Waals surface area contributed by atoms with Crippen molar-refractivity contribution in [1.82, 2.24) is 10.2 Å². The predicted octanol–water partition coefficient (Wildman–Crippen LogP) is -0.579. The fourth-order valence-corrected chi connectivity index (χ4v) is 2.79. The number of nitrogens with one attached hydrogen (secondary N) is 1. The second-order valence-corrected chi connectivity index (χ2v) is 5.37. The Morgan fingerprint density at radius 2 is 2.06 bits per heavy atom. The van der Waals surface area contributed by atoms with E-state index >= 15 is 0 Å². The lowest BCUT2D eigenvalue weighted by Crippen LogP contribution is -2.52. The van der Waals surface area contributed by atoms with E-state index in [1.807, 2.05) is 0 Å². The number of aliphatic hydroxyl groups is 1. The zero-order valence-corrected chi connectivity index (χ0v) is 10.5. The largest absolute Gasteiger partial charge is 0.480 e. The van der Waals surface area contributed by atoms with Crippen molar-refractivity contribution < 1.29 is 19.8 Å². The lowest BCUT2D eigenvalue weighted by atomic mass is 9.93. The molecule has 2 fully saturated rings. The number of β-amino-alcohol motifs (C(OH)–C–C–N with tert-alkyl or cyclic N) is 1. The minimum atomic E-state index is -1.04. The predicted molar refractivity (Wildman–Crippen MR) is 63.9 cm³/mol. The van der Waals surface area contributed by atoms with Gasteiger partial charge in [0.1, 0.15) is 6.04 Å². The Balaban J connectivity index is 2.05. The maximum Gasteiger partial charge on any atom is 0.326 e. The quantitative estimate of drug-likeness (QED) is 0.615. The van der Waals surface area contributed by atoms with Crippen LogP contribution in [0.1, 0.15) is 26.2 Å². The van der Waals surface area contributed by atoms with Crippen molar-refractivity contribution in [2.45, 2.75) is 44.4 Å². The Morgan fingerprint density at radius 3 is 2.67 bits per heavy atom. The molecule has 1 amide bonds. The molecule has 3 unspecified atom stereocenters. The molecule has 0 radical (unpaired) electrons. The molecule has 102 valence electrons. The van der Waals surface area contributed by atoms with Crippen LogP contribution in [0.2, 0.25) is 0 Å². The zero-order valence-electron chi connectivity index (χ0n) is 10.5. The van der Waals surface area contributed by atoms with Gasteiger partial charge in [0.05, 0.1) is 12.1 Å². The molecule has 0 aromatic rings. The van der Waals surface area contributed by atoms with Crippen molar-refractivity contribution in [1.29, 1.82) is 0 Å². The number of nitrogens with zero attached hydrogens (tertiary/aromatic N) is 1. The summed E-state index contributed by atoms with van der Waals surface area (Å²) < 4.78 is 0. The van der Waals surface area contributed by atoms with E-state index in [4.69, 9.17) is 5.11 Å². The molecule has 0 aromatic carbocycles. The van der Waals surface area contributed by atoms with Crippen LogP contribution in [0.15, 0.2) is 0 Å². The number of hydrogen-bond donors (Lipinski definition) is 3. The van der Waals surface area contributed by atoms with Gasteiger partial charge in [-0.3, -0.25) is 4.79 Å². The van der Waals surface area contributed by atoms with Crippen molar-refractivity contribution in [3.63, 3.8) is 0 Å². The first-order chi connectivity index (χ1) is 8.49. The van der Waals surface area contributed by atoms with Gasteiger partial charge in [0.15, 0.2) is 0 Å². The van der Waals surface area contributed by atoms with Crippen LogP contribution in [0, 0.1) is 5.92 Å². The molecule has 2 rings (SSSR count). The summed E-state index contributed by atoms with van der Waals surface area (Å²) in [6, 6.07) is -1.19. The molecule has 0 aromatic heterocycles. The van der Waals surface area contributed by atoms with Gasteiger partial charge in [0.2, 0.25) is 5.91 Å². The number of likely N-dealkylation sites (tertiary alicyclic amines) is 1. The molecule has 4 atom stereocenters. The minimum absolute atomic E-state index is 0.127. The summed E-state index contributed by atoms with van der Waals surface area (Å²) in [6.45, 7) is 3.00. The molecule has 3 N–H and O–H groups in total. The highest BCUT2D eigenvalue weighted by Crippen LogP contribution is 2.23. The number of hydrogen-bond acceptors (Lipinski definition) is 4. The van der Waals surface area contributed by atoms with Crippen LogP contribution >= 0.6 is 0 Å². The van der Waals surface area contributed by atoms with E-state index in [-0.39, 0.29) is 24.9 Å². The minimum Gasteiger partial charge on any atom is -0.480 e. The van der Waals surface area contributed by atoms with E-state index in [1.165, 1.54) is 4.90 Å². The van der Waals surface area contributed by atoms with Crippen LogP contribution in [0.3, 0.4) is 0 Å². The van der Waals surface area contributed by atoms with Gasteiger partial charge in [-0.05, 0) is 25.3 Å². The average Bonchev–Trinajstić information content (AvgIpc) is 2.70. The Labute approximate surface area is 106 Å². The first-order valence-corrected chi connectivity index (χ1v) is 6.43. The summed E-state index contributed by atoms with van der Waals surface area (Å²) >= 11 is 0. The van der Waals surface area contributed by atoms with E-state index in [2.05, 4.69) is 12.2 Å². The highest BCUT2D eigenvalue weighted by Gasteiger charge is 2.41. The summed E-state index contributed by atoms with van der Waals surface area (Å²) in [6.07, 6.45) is 1.17. The number of rotatable bonds is 2. The fraction of sp³-hybridized carbons (Fsp3) is 0.833. The van der Waals surface area contributed by atoms with Crippen LogP contribution in [0.5, 0.6) is 0 Å². The molecular formula is C12H20N2O4. The average molecular weight is 256 g/mol. The van der Waals surface area contributed by atoms with Gasteiger partial charge < -0.3 is 20.4 Å². The van der Waals surface area contributed by atoms with E-state index in [0.29, 0.717) is 5.92 Å². The number of aliphatic carboxylic acids is 1. The number of carbonyl (C=O) groups is 2. The first kappa shape index (κ1) is 13.3. The fourth-order valence-electron chi connectivity index (χ4n) is 2.79. The highest BCUT2D eigenvalue weighted by molar-refractivity contribution is 5.87. The van der Waals surface area contributed by atoms with Gasteiger partial charge in [0.25, 0.3) is 0 Å². The number of amides is 1. The number of piperidine rings is 1. The molecule has 0 bridgehead atoms. The molecule has 0 spiro atoms. The van der Waals surface area contributed by atoms with E-state index in [9.17, 15) is 14.7 Å². The molecule has 6 nitrogen and oxygen atoms in total. The third-order valence-corrected chi connectivity index (χ3v) is 3.81. The third kappa shape index (κ3) is 2.64. The van der Waals surface area contributed by atoms with Gasteiger partial charge in [-0.2, -0.15) is 0 Å². The summed E-state index contributed by atoms with van der Waals surface area (Å²) in [7, 11) is 0. The second-order valence-electron chi connectivity index (χ2n) is 5.37. The molecule has 0 aliphatic carbocycles. The van der Waals surface area contributed by atoms with Crippen molar-refractivity contribution in [2.75, 3.05) is 13.1 Å². The molecule has 2 saturated heterocycles. The van der Waals surface area contributed by atoms with Gasteiger partial charge in [0, 0.05) is 13.0 Å². The lowest BCUT2D eigenvalue weighted by Gasteiger charge is -2.32. The van der Waals surface area contributed by atoms with Gasteiger partial charge in [-0.1, -0.05) is 6.92 Å². The van der Waals surface area contributed by atoms with Gasteiger partial charge in [-0.25, -0.2) is 4.79 Å². The van der Waals surface area contributed by atoms with Crippen molar-refractivity contribution in [2.24, 2.45) is 5.92 Å². The summed E-state index contributed by atoms with van der Waals surface area (Å²) in [4.78, 5) is 24.7. The molecule has 2 aliphatic heterocycles. The van der Waals surface area contributed by atoms with Crippen molar-refractivity contribution in [3.8, 4) is 0 Å². The van der Waals surface area contributed by atoms with Crippen LogP contribution in [-0.4, -0.2) is 58.3 Å². The summed E-state index contributed by atoms with van der Waals surface area (Å²) in [5.41, 5.74) is 0. The standard InChI is InChI=1S/C12H20N2O4/c1-7-2-3-13-9(4-7)11(16)14-6-8(15)5-10(14)12(17)18/h7-10,13,15H,2-6H2,1H3,(H,17,18)/t7?,8?,9?,10-/m0/s1. The van der Waals surface area contributed by atoms with Gasteiger partial charge in [-0.15, -0.1) is 0 Å². The Bertz CT molecular complexity index is 347. The Kier molecular flexibility index (Phi) is 3.87. The smallest absolute Gasteiger partial charge is 0.326 e. The van der Waals surface area contributed by atoms with E-state index in [0.717, 1.165) is 19.4 Å². The van der Waals surface area contributed by atoms with Crippen LogP contribution in [0.4, 0.5) is 0 Å². The first-order valence-electron chi connectivity index (χ1n) is 6.43. The maximum absolute atomic E-state index is 12.3. The molecule has 0 saturated carbocycles. The maximum atomic E-state index is 12.3. The number of carboxylic acid groups (broad SMARTS) is 1. The molecule has 2 aliphatic rings. The van der Waals surface area contributed by atoms with E-state index in [1.54, 1.807) is 0 Å². The lowest BCUT2D eigenvalue weighted by molar-refractivity contribution is -0.149. The molecular weight excluding hydrogens is 236 g/mol. The highest BCUT2D eigenvalue weighted by atomic mass is 16.4. The zero-order chi connectivity index (χ0) is 13.3. The molecule has 18 heavy (non-hydrogen) atoms. The topological polar surface area (TPSA) is 89.9 Å². The van der Waals surface area contributed by atoms with Gasteiger partial charge >= 0.3 is 5.97 Å². The van der Waals surface area contributed by atoms with Crippen LogP contribution < -0.4 is 5.32 Å². The Morgan fingerprint density at radius 1 is 1.33 bits per heavy atom. The Hall–Kier alpha value is -1.14. The monoisotopic (exact) mass is 256 g/mol. The number of aliphatic hydroxyl groups excluding tert-OH is 1. The van der Waals surface area contributed by atoms with Crippen molar-refractivity contribution >= 4 is 11.9 Å². The van der Waals surface area contributed by atoms with Crippen LogP contribution in [0.25, 0.3) is 0 Å². The normalized spacial score (nSPS) is 36.7. The van der Waals surface area contributed by atoms with Crippen molar-refractivity contribution in [3.05, 3.63) is 0 Å². The second kappa shape index (κ2) is 5.24.